The fourth-order valence-electron chi connectivity index (χ4n) is 1.93. The lowest BCUT2D eigenvalue weighted by Gasteiger charge is -2.27. The van der Waals surface area contributed by atoms with E-state index in [0.29, 0.717) is 0 Å². The van der Waals surface area contributed by atoms with Gasteiger partial charge in [-0.3, -0.25) is 4.98 Å². The Morgan fingerprint density at radius 1 is 1.59 bits per heavy atom. The van der Waals surface area contributed by atoms with Crippen LogP contribution in [0.15, 0.2) is 24.4 Å². The van der Waals surface area contributed by atoms with Crippen LogP contribution in [-0.2, 0) is 4.74 Å². The third kappa shape index (κ3) is 3.23. The molecular formula is C13H18N2OS. The predicted octanol–water partition coefficient (Wildman–Crippen LogP) is 2.49. The van der Waals surface area contributed by atoms with Crippen molar-refractivity contribution < 1.29 is 4.74 Å². The largest absolute Gasteiger partial charge is 0.377 e. The second-order valence-corrected chi connectivity index (χ2v) is 4.85. The summed E-state index contributed by atoms with van der Waals surface area (Å²) in [6.07, 6.45) is 5.52. The number of rotatable bonds is 5. The summed E-state index contributed by atoms with van der Waals surface area (Å²) in [6, 6.07) is 5.77. The molecule has 1 aromatic rings. The number of aromatic nitrogens is 1. The van der Waals surface area contributed by atoms with Crippen LogP contribution in [-0.4, -0.2) is 23.6 Å². The molecular weight excluding hydrogens is 232 g/mol. The van der Waals surface area contributed by atoms with Crippen LogP contribution in [0.2, 0.25) is 0 Å². The molecule has 1 fully saturated rings. The predicted molar refractivity (Wildman–Crippen MR) is 71.9 cm³/mol. The Kier molecular flexibility index (Phi) is 4.45. The van der Waals surface area contributed by atoms with Crippen molar-refractivity contribution in [3.05, 3.63) is 30.1 Å². The zero-order chi connectivity index (χ0) is 12.1. The fraction of sp³-hybridized carbons (Fsp3) is 0.538. The lowest BCUT2D eigenvalue weighted by Crippen LogP contribution is -2.35. The van der Waals surface area contributed by atoms with E-state index in [0.717, 1.165) is 23.1 Å². The first-order chi connectivity index (χ1) is 8.31. The van der Waals surface area contributed by atoms with Gasteiger partial charge in [-0.05, 0) is 30.9 Å². The monoisotopic (exact) mass is 250 g/mol. The quantitative estimate of drug-likeness (QED) is 0.814. The highest BCUT2D eigenvalue weighted by Gasteiger charge is 2.21. The molecule has 0 aromatic carbocycles. The van der Waals surface area contributed by atoms with Gasteiger partial charge in [0.2, 0.25) is 0 Å². The first-order valence-corrected chi connectivity index (χ1v) is 6.43. The van der Waals surface area contributed by atoms with Gasteiger partial charge in [-0.2, -0.15) is 0 Å². The van der Waals surface area contributed by atoms with Crippen molar-refractivity contribution in [3.8, 4) is 0 Å². The van der Waals surface area contributed by atoms with Crippen molar-refractivity contribution in [2.45, 2.75) is 25.4 Å². The Hall–Kier alpha value is -1.00. The van der Waals surface area contributed by atoms with Gasteiger partial charge in [0.25, 0.3) is 0 Å². The van der Waals surface area contributed by atoms with Gasteiger partial charge in [0, 0.05) is 19.9 Å². The summed E-state index contributed by atoms with van der Waals surface area (Å²) in [7, 11) is 1.66. The van der Waals surface area contributed by atoms with E-state index in [4.69, 9.17) is 17.0 Å². The molecule has 1 atom stereocenters. The molecule has 0 aliphatic heterocycles. The van der Waals surface area contributed by atoms with Gasteiger partial charge in [-0.25, -0.2) is 0 Å². The zero-order valence-electron chi connectivity index (χ0n) is 10.1. The van der Waals surface area contributed by atoms with E-state index in [2.05, 4.69) is 10.3 Å². The first kappa shape index (κ1) is 12.5. The summed E-state index contributed by atoms with van der Waals surface area (Å²) in [6.45, 7) is 0.964. The van der Waals surface area contributed by atoms with E-state index < -0.39 is 0 Å². The minimum Gasteiger partial charge on any atom is -0.377 e. The molecule has 1 aliphatic carbocycles. The van der Waals surface area contributed by atoms with Gasteiger partial charge < -0.3 is 10.1 Å². The van der Waals surface area contributed by atoms with Crippen LogP contribution in [0.4, 0.5) is 0 Å². The standard InChI is InChI=1S/C13H18N2OS/c1-16-12(11-7-2-3-8-14-11)13(17)15-9-10-5-4-6-10/h2-3,7-8,10,12H,4-6,9H2,1H3,(H,15,17). The van der Waals surface area contributed by atoms with Crippen LogP contribution in [0.3, 0.4) is 0 Å². The summed E-state index contributed by atoms with van der Waals surface area (Å²) in [5.41, 5.74) is 0.862. The van der Waals surface area contributed by atoms with Crippen molar-refractivity contribution in [2.75, 3.05) is 13.7 Å². The van der Waals surface area contributed by atoms with Crippen LogP contribution >= 0.6 is 12.2 Å². The summed E-state index contributed by atoms with van der Waals surface area (Å²) in [5.74, 6) is 0.786. The first-order valence-electron chi connectivity index (χ1n) is 6.02. The van der Waals surface area contributed by atoms with E-state index in [1.807, 2.05) is 18.2 Å². The number of hydrogen-bond acceptors (Lipinski definition) is 3. The highest BCUT2D eigenvalue weighted by molar-refractivity contribution is 7.80. The maximum Gasteiger partial charge on any atom is 0.149 e. The van der Waals surface area contributed by atoms with E-state index in [9.17, 15) is 0 Å². The third-order valence-corrected chi connectivity index (χ3v) is 3.58. The number of hydrogen-bond donors (Lipinski definition) is 1. The minimum absolute atomic E-state index is 0.230. The Labute approximate surface area is 108 Å². The second kappa shape index (κ2) is 6.07. The number of thiocarbonyl (C=S) groups is 1. The molecule has 92 valence electrons. The molecule has 0 amide bonds. The molecule has 1 unspecified atom stereocenters. The molecule has 1 heterocycles. The summed E-state index contributed by atoms with van der Waals surface area (Å²) in [5, 5.41) is 3.30. The molecule has 1 N–H and O–H groups in total. The summed E-state index contributed by atoms with van der Waals surface area (Å²) in [4.78, 5) is 5.01. The molecule has 3 nitrogen and oxygen atoms in total. The van der Waals surface area contributed by atoms with Crippen molar-refractivity contribution >= 4 is 17.2 Å². The smallest absolute Gasteiger partial charge is 0.149 e. The van der Waals surface area contributed by atoms with Crippen LogP contribution in [0.25, 0.3) is 0 Å². The minimum atomic E-state index is -0.230. The lowest BCUT2D eigenvalue weighted by atomic mass is 9.85. The van der Waals surface area contributed by atoms with Crippen LogP contribution < -0.4 is 5.32 Å². The summed E-state index contributed by atoms with van der Waals surface area (Å²) >= 11 is 5.37. The Morgan fingerprint density at radius 2 is 2.41 bits per heavy atom. The third-order valence-electron chi connectivity index (χ3n) is 3.22. The van der Waals surface area contributed by atoms with Crippen molar-refractivity contribution in [1.82, 2.24) is 10.3 Å². The topological polar surface area (TPSA) is 34.1 Å². The van der Waals surface area contributed by atoms with Crippen LogP contribution in [0, 0.1) is 5.92 Å². The molecule has 0 radical (unpaired) electrons. The van der Waals surface area contributed by atoms with E-state index in [-0.39, 0.29) is 6.10 Å². The zero-order valence-corrected chi connectivity index (χ0v) is 10.9. The molecule has 0 saturated heterocycles. The molecule has 4 heteroatoms. The normalized spacial score (nSPS) is 17.2. The maximum atomic E-state index is 5.42. The van der Waals surface area contributed by atoms with Gasteiger partial charge in [-0.1, -0.05) is 24.7 Å². The van der Waals surface area contributed by atoms with Crippen molar-refractivity contribution in [2.24, 2.45) is 5.92 Å². The second-order valence-electron chi connectivity index (χ2n) is 4.41. The van der Waals surface area contributed by atoms with Gasteiger partial charge in [0.15, 0.2) is 0 Å². The lowest BCUT2D eigenvalue weighted by molar-refractivity contribution is 0.152. The molecule has 1 saturated carbocycles. The van der Waals surface area contributed by atoms with Crippen molar-refractivity contribution in [1.29, 1.82) is 0 Å². The average molecular weight is 250 g/mol. The average Bonchev–Trinajstić information content (AvgIpc) is 2.29. The molecule has 0 spiro atoms. The number of nitrogens with zero attached hydrogens (tertiary/aromatic N) is 1. The summed E-state index contributed by atoms with van der Waals surface area (Å²) < 4.78 is 5.42. The van der Waals surface area contributed by atoms with Gasteiger partial charge in [-0.15, -0.1) is 0 Å². The Morgan fingerprint density at radius 3 is 2.94 bits per heavy atom. The SMILES string of the molecule is COC(C(=S)NCC1CCC1)c1ccccn1. The number of methoxy groups -OCH3 is 1. The van der Waals surface area contributed by atoms with Crippen LogP contribution in [0.1, 0.15) is 31.1 Å². The van der Waals surface area contributed by atoms with E-state index in [1.54, 1.807) is 13.3 Å². The number of nitrogens with one attached hydrogen (secondary N) is 1. The van der Waals surface area contributed by atoms with Crippen molar-refractivity contribution in [3.63, 3.8) is 0 Å². The molecule has 0 bridgehead atoms. The van der Waals surface area contributed by atoms with Crippen LogP contribution in [0.5, 0.6) is 0 Å². The number of ether oxygens (including phenoxy) is 1. The van der Waals surface area contributed by atoms with Gasteiger partial charge in [0.05, 0.1) is 5.69 Å². The fourth-order valence-corrected chi connectivity index (χ4v) is 2.23. The Bertz CT molecular complexity index is 365. The highest BCUT2D eigenvalue weighted by atomic mass is 32.1. The van der Waals surface area contributed by atoms with Gasteiger partial charge in [0.1, 0.15) is 11.1 Å². The van der Waals surface area contributed by atoms with E-state index >= 15 is 0 Å². The molecule has 1 aliphatic rings. The molecule has 1 aromatic heterocycles. The maximum absolute atomic E-state index is 5.42. The van der Waals surface area contributed by atoms with Gasteiger partial charge >= 0.3 is 0 Å². The number of pyridine rings is 1. The molecule has 2 rings (SSSR count). The Balaban J connectivity index is 1.90. The van der Waals surface area contributed by atoms with E-state index in [1.165, 1.54) is 19.3 Å². The molecule has 17 heavy (non-hydrogen) atoms. The highest BCUT2D eigenvalue weighted by Crippen LogP contribution is 2.25.